The van der Waals surface area contributed by atoms with Crippen molar-refractivity contribution in [2.75, 3.05) is 5.32 Å². The Morgan fingerprint density at radius 2 is 1.90 bits per heavy atom. The monoisotopic (exact) mass is 491 g/mol. The largest absolute Gasteiger partial charge is 0.323 e. The summed E-state index contributed by atoms with van der Waals surface area (Å²) in [6.45, 7) is 1.94. The van der Waals surface area contributed by atoms with E-state index in [-0.39, 0.29) is 0 Å². The predicted octanol–water partition coefficient (Wildman–Crippen LogP) is 5.62. The van der Waals surface area contributed by atoms with Gasteiger partial charge in [0.2, 0.25) is 5.16 Å². The number of aryl methyl sites for hydroxylation is 1. The van der Waals surface area contributed by atoms with E-state index < -0.39 is 0 Å². The fourth-order valence-electron chi connectivity index (χ4n) is 3.18. The van der Waals surface area contributed by atoms with Gasteiger partial charge in [-0.1, -0.05) is 70.2 Å². The maximum absolute atomic E-state index is 4.65. The Kier molecular flexibility index (Phi) is 5.44. The minimum absolute atomic E-state index is 0.554. The van der Waals surface area contributed by atoms with Crippen LogP contribution in [0.4, 0.5) is 11.6 Å². The Labute approximate surface area is 191 Å². The van der Waals surface area contributed by atoms with E-state index in [1.807, 2.05) is 61.5 Å². The van der Waals surface area contributed by atoms with Crippen molar-refractivity contribution in [1.29, 1.82) is 0 Å². The number of fused-ring (bicyclic) bond motifs is 1. The van der Waals surface area contributed by atoms with E-state index in [1.165, 1.54) is 5.56 Å². The smallest absolute Gasteiger partial charge is 0.255 e. The van der Waals surface area contributed by atoms with Gasteiger partial charge in [0, 0.05) is 28.1 Å². The van der Waals surface area contributed by atoms with E-state index in [4.69, 9.17) is 0 Å². The molecule has 0 atom stereocenters. The number of rotatable bonds is 6. The number of nitrogens with one attached hydrogen (secondary N) is 2. The molecular formula is C22H18BrN7S. The number of H-pyrrole nitrogens is 1. The second-order valence-corrected chi connectivity index (χ2v) is 8.82. The molecule has 0 bridgehead atoms. The van der Waals surface area contributed by atoms with Gasteiger partial charge in [0.25, 0.3) is 5.78 Å². The Balaban J connectivity index is 1.39. The third kappa shape index (κ3) is 4.47. The number of aromatic nitrogens is 6. The van der Waals surface area contributed by atoms with Gasteiger partial charge in [0.05, 0.1) is 5.69 Å². The van der Waals surface area contributed by atoms with Gasteiger partial charge in [0.1, 0.15) is 5.82 Å². The van der Waals surface area contributed by atoms with Crippen molar-refractivity contribution in [1.82, 2.24) is 29.8 Å². The molecule has 7 nitrogen and oxygen atoms in total. The van der Waals surface area contributed by atoms with E-state index in [9.17, 15) is 0 Å². The summed E-state index contributed by atoms with van der Waals surface area (Å²) in [5, 5.41) is 16.1. The topological polar surface area (TPSA) is 83.8 Å². The molecule has 5 aromatic rings. The van der Waals surface area contributed by atoms with Gasteiger partial charge in [-0.2, -0.15) is 14.6 Å². The minimum atomic E-state index is 0.554. The number of thioether (sulfide) groups is 1. The van der Waals surface area contributed by atoms with E-state index in [2.05, 4.69) is 58.6 Å². The first-order valence-corrected chi connectivity index (χ1v) is 11.4. The number of anilines is 2. The summed E-state index contributed by atoms with van der Waals surface area (Å²) in [5.74, 6) is 2.79. The SMILES string of the molecule is Cc1cc(Nc2cc(-c3ccccc3)[nH]n2)n2nc(SCc3cccc(Br)c3)nc2n1. The average Bonchev–Trinajstić information content (AvgIpc) is 3.40. The number of nitrogens with zero attached hydrogens (tertiary/aromatic N) is 5. The summed E-state index contributed by atoms with van der Waals surface area (Å²) in [6, 6.07) is 22.2. The van der Waals surface area contributed by atoms with Crippen LogP contribution in [-0.2, 0) is 5.75 Å². The van der Waals surface area contributed by atoms with Crippen LogP contribution in [0, 0.1) is 6.92 Å². The lowest BCUT2D eigenvalue weighted by Crippen LogP contribution is -2.02. The van der Waals surface area contributed by atoms with Crippen LogP contribution in [-0.4, -0.2) is 29.8 Å². The second kappa shape index (κ2) is 8.52. The minimum Gasteiger partial charge on any atom is -0.323 e. The molecule has 0 spiro atoms. The molecule has 5 rings (SSSR count). The molecule has 0 unspecified atom stereocenters. The first-order chi connectivity index (χ1) is 15.1. The molecule has 0 aliphatic heterocycles. The van der Waals surface area contributed by atoms with Crippen molar-refractivity contribution >= 4 is 45.1 Å². The fourth-order valence-corrected chi connectivity index (χ4v) is 4.38. The maximum atomic E-state index is 4.65. The standard InChI is InChI=1S/C22H18BrN7S/c1-14-10-20(25-19-12-18(27-28-19)16-7-3-2-4-8-16)30-21(24-14)26-22(29-30)31-13-15-6-5-9-17(23)11-15/h2-12H,13H2,1H3,(H2,25,27,28). The first kappa shape index (κ1) is 19.8. The van der Waals surface area contributed by atoms with Gasteiger partial charge in [-0.25, -0.2) is 4.98 Å². The molecule has 0 saturated heterocycles. The van der Waals surface area contributed by atoms with E-state index in [1.54, 1.807) is 16.3 Å². The fraction of sp³-hybridized carbons (Fsp3) is 0.0909. The zero-order valence-corrected chi connectivity index (χ0v) is 19.0. The van der Waals surface area contributed by atoms with Crippen LogP contribution < -0.4 is 5.32 Å². The maximum Gasteiger partial charge on any atom is 0.255 e. The van der Waals surface area contributed by atoms with Gasteiger partial charge in [-0.15, -0.1) is 5.10 Å². The quantitative estimate of drug-likeness (QED) is 0.300. The van der Waals surface area contributed by atoms with Crippen molar-refractivity contribution < 1.29 is 0 Å². The number of benzene rings is 2. The Bertz CT molecular complexity index is 1350. The van der Waals surface area contributed by atoms with Crippen molar-refractivity contribution in [2.45, 2.75) is 17.8 Å². The highest BCUT2D eigenvalue weighted by atomic mass is 79.9. The molecule has 0 radical (unpaired) electrons. The summed E-state index contributed by atoms with van der Waals surface area (Å²) < 4.78 is 2.78. The Morgan fingerprint density at radius 1 is 1.03 bits per heavy atom. The molecule has 2 N–H and O–H groups in total. The third-order valence-electron chi connectivity index (χ3n) is 4.60. The third-order valence-corrected chi connectivity index (χ3v) is 6.00. The van der Waals surface area contributed by atoms with Gasteiger partial charge < -0.3 is 5.32 Å². The van der Waals surface area contributed by atoms with Crippen molar-refractivity contribution in [2.24, 2.45) is 0 Å². The normalized spacial score (nSPS) is 11.2. The molecule has 2 aromatic carbocycles. The average molecular weight is 492 g/mol. The Morgan fingerprint density at radius 3 is 2.74 bits per heavy atom. The Hall–Kier alpha value is -3.17. The molecule has 9 heteroatoms. The highest BCUT2D eigenvalue weighted by molar-refractivity contribution is 9.10. The molecule has 0 amide bonds. The lowest BCUT2D eigenvalue weighted by atomic mass is 10.2. The molecule has 0 fully saturated rings. The van der Waals surface area contributed by atoms with Crippen molar-refractivity contribution in [3.63, 3.8) is 0 Å². The zero-order chi connectivity index (χ0) is 21.2. The van der Waals surface area contributed by atoms with Crippen LogP contribution in [0.5, 0.6) is 0 Å². The lowest BCUT2D eigenvalue weighted by Gasteiger charge is -2.05. The van der Waals surface area contributed by atoms with E-state index >= 15 is 0 Å². The van der Waals surface area contributed by atoms with E-state index in [0.717, 1.165) is 33.0 Å². The molecule has 154 valence electrons. The number of aromatic amines is 1. The molecular weight excluding hydrogens is 474 g/mol. The summed E-state index contributed by atoms with van der Waals surface area (Å²) in [5.41, 5.74) is 4.07. The number of hydrogen-bond donors (Lipinski definition) is 2. The summed E-state index contributed by atoms with van der Waals surface area (Å²) in [4.78, 5) is 9.11. The van der Waals surface area contributed by atoms with Crippen LogP contribution in [0.2, 0.25) is 0 Å². The molecule has 3 aromatic heterocycles. The highest BCUT2D eigenvalue weighted by Gasteiger charge is 2.12. The summed E-state index contributed by atoms with van der Waals surface area (Å²) >= 11 is 5.09. The van der Waals surface area contributed by atoms with Crippen LogP contribution in [0.25, 0.3) is 17.0 Å². The molecule has 0 aliphatic rings. The number of halogens is 1. The lowest BCUT2D eigenvalue weighted by molar-refractivity contribution is 0.881. The highest BCUT2D eigenvalue weighted by Crippen LogP contribution is 2.25. The van der Waals surface area contributed by atoms with Crippen LogP contribution in [0.3, 0.4) is 0 Å². The van der Waals surface area contributed by atoms with E-state index in [0.29, 0.717) is 16.8 Å². The predicted molar refractivity (Wildman–Crippen MR) is 127 cm³/mol. The van der Waals surface area contributed by atoms with Gasteiger partial charge in [0.15, 0.2) is 5.82 Å². The zero-order valence-electron chi connectivity index (χ0n) is 16.6. The molecule has 0 aliphatic carbocycles. The van der Waals surface area contributed by atoms with Crippen molar-refractivity contribution in [3.8, 4) is 11.3 Å². The summed E-state index contributed by atoms with van der Waals surface area (Å²) in [6.07, 6.45) is 0. The molecule has 0 saturated carbocycles. The summed E-state index contributed by atoms with van der Waals surface area (Å²) in [7, 11) is 0. The second-order valence-electron chi connectivity index (χ2n) is 6.97. The van der Waals surface area contributed by atoms with Gasteiger partial charge in [-0.05, 0) is 30.2 Å². The number of hydrogen-bond acceptors (Lipinski definition) is 6. The van der Waals surface area contributed by atoms with Crippen molar-refractivity contribution in [3.05, 3.63) is 82.5 Å². The molecule has 31 heavy (non-hydrogen) atoms. The van der Waals surface area contributed by atoms with Gasteiger partial charge >= 0.3 is 0 Å². The molecule has 3 heterocycles. The first-order valence-electron chi connectivity index (χ1n) is 9.63. The van der Waals surface area contributed by atoms with Crippen LogP contribution in [0.15, 0.2) is 76.4 Å². The van der Waals surface area contributed by atoms with Crippen LogP contribution >= 0.6 is 27.7 Å². The van der Waals surface area contributed by atoms with Crippen LogP contribution in [0.1, 0.15) is 11.3 Å². The van der Waals surface area contributed by atoms with Gasteiger partial charge in [-0.3, -0.25) is 5.10 Å².